The van der Waals surface area contributed by atoms with Gasteiger partial charge in [-0.25, -0.2) is 8.42 Å². The molecule has 170 valence electrons. The largest absolute Gasteiger partial charge is 0.340 e. The van der Waals surface area contributed by atoms with Crippen LogP contribution in [-0.4, -0.2) is 35.3 Å². The Bertz CT molecular complexity index is 1250. The van der Waals surface area contributed by atoms with E-state index in [1.165, 1.54) is 15.6 Å². The second-order valence-corrected chi connectivity index (χ2v) is 12.0. The van der Waals surface area contributed by atoms with Gasteiger partial charge in [0.15, 0.2) is 5.82 Å². The van der Waals surface area contributed by atoms with E-state index < -0.39 is 21.6 Å². The number of carbonyl (C=O) groups excluding carboxylic acids is 1. The van der Waals surface area contributed by atoms with Gasteiger partial charge in [0.05, 0.1) is 5.54 Å². The first-order chi connectivity index (χ1) is 15.1. The summed E-state index contributed by atoms with van der Waals surface area (Å²) in [6.07, 6.45) is 1.28. The highest BCUT2D eigenvalue weighted by atomic mass is 35.5. The molecular weight excluding hydrogens is 472 g/mol. The van der Waals surface area contributed by atoms with Gasteiger partial charge in [-0.2, -0.15) is 9.29 Å². The molecule has 0 bridgehead atoms. The lowest BCUT2D eigenvalue weighted by Gasteiger charge is -2.23. The van der Waals surface area contributed by atoms with Gasteiger partial charge in [0.2, 0.25) is 5.89 Å². The molecule has 1 unspecified atom stereocenters. The molecule has 4 rings (SSSR count). The van der Waals surface area contributed by atoms with Crippen LogP contribution in [0.3, 0.4) is 0 Å². The van der Waals surface area contributed by atoms with Gasteiger partial charge in [-0.05, 0) is 63.9 Å². The minimum absolute atomic E-state index is 0.222. The summed E-state index contributed by atoms with van der Waals surface area (Å²) in [5.74, 6) is 0.153. The molecule has 1 N–H and O–H groups in total. The normalized spacial score (nSPS) is 17.6. The Kier molecular flexibility index (Phi) is 6.15. The number of thiophene rings is 1. The Balaban J connectivity index is 1.55. The Hall–Kier alpha value is -2.27. The van der Waals surface area contributed by atoms with E-state index >= 15 is 0 Å². The molecule has 1 fully saturated rings. The molecular formula is C21H23ClN4O4S2. The number of halogens is 1. The maximum absolute atomic E-state index is 13.1. The monoisotopic (exact) mass is 494 g/mol. The molecule has 1 atom stereocenters. The number of carbonyl (C=O) groups is 1. The van der Waals surface area contributed by atoms with Crippen LogP contribution in [0.15, 0.2) is 45.1 Å². The van der Waals surface area contributed by atoms with Crippen molar-refractivity contribution in [2.45, 2.75) is 49.4 Å². The predicted molar refractivity (Wildman–Crippen MR) is 121 cm³/mol. The van der Waals surface area contributed by atoms with E-state index in [0.717, 1.165) is 4.88 Å². The number of amides is 1. The highest BCUT2D eigenvalue weighted by molar-refractivity contribution is 7.91. The van der Waals surface area contributed by atoms with Crippen molar-refractivity contribution in [3.05, 3.63) is 63.6 Å². The summed E-state index contributed by atoms with van der Waals surface area (Å²) in [5.41, 5.74) is -0.539. The van der Waals surface area contributed by atoms with Crippen molar-refractivity contribution in [1.82, 2.24) is 19.8 Å². The van der Waals surface area contributed by atoms with Crippen molar-refractivity contribution >= 4 is 38.9 Å². The molecule has 0 aliphatic carbocycles. The lowest BCUT2D eigenvalue weighted by atomic mass is 10.0. The van der Waals surface area contributed by atoms with Crippen LogP contribution in [0.4, 0.5) is 0 Å². The summed E-state index contributed by atoms with van der Waals surface area (Å²) in [7, 11) is -3.66. The predicted octanol–water partition coefficient (Wildman–Crippen LogP) is 4.28. The first-order valence-corrected chi connectivity index (χ1v) is 12.7. The van der Waals surface area contributed by atoms with Crippen LogP contribution in [0.1, 0.15) is 59.7 Å². The Morgan fingerprint density at radius 1 is 1.31 bits per heavy atom. The number of hydrogen-bond donors (Lipinski definition) is 1. The van der Waals surface area contributed by atoms with Crippen LogP contribution < -0.4 is 5.32 Å². The van der Waals surface area contributed by atoms with Crippen LogP contribution in [0.2, 0.25) is 5.02 Å². The van der Waals surface area contributed by atoms with Gasteiger partial charge < -0.3 is 9.84 Å². The van der Waals surface area contributed by atoms with Crippen molar-refractivity contribution in [2.75, 3.05) is 6.54 Å². The molecule has 1 aliphatic heterocycles. The number of benzene rings is 1. The van der Waals surface area contributed by atoms with E-state index in [1.807, 2.05) is 6.92 Å². The standard InChI is InChI=1S/C21H23ClN4O4S2/c1-13-9-10-17(31-13)32(28,29)26-11-5-8-16(26)19-23-20(25-30-19)21(2,3)24-18(27)14-6-4-7-15(22)12-14/h4,6-7,9-10,12,16H,5,8,11H2,1-3H3,(H,24,27). The molecule has 2 aromatic heterocycles. The average molecular weight is 495 g/mol. The minimum Gasteiger partial charge on any atom is -0.340 e. The van der Waals surface area contributed by atoms with Crippen LogP contribution in [-0.2, 0) is 15.6 Å². The van der Waals surface area contributed by atoms with Gasteiger partial charge in [-0.3, -0.25) is 4.79 Å². The first kappa shape index (κ1) is 22.9. The van der Waals surface area contributed by atoms with Crippen LogP contribution in [0.5, 0.6) is 0 Å². The number of nitrogens with zero attached hydrogens (tertiary/aromatic N) is 3. The third-order valence-electron chi connectivity index (χ3n) is 5.28. The van der Waals surface area contributed by atoms with Crippen molar-refractivity contribution in [3.8, 4) is 0 Å². The smallest absolute Gasteiger partial charge is 0.253 e. The third-order valence-corrected chi connectivity index (χ3v) is 8.89. The molecule has 3 aromatic rings. The topological polar surface area (TPSA) is 105 Å². The maximum Gasteiger partial charge on any atom is 0.253 e. The van der Waals surface area contributed by atoms with E-state index in [9.17, 15) is 13.2 Å². The summed E-state index contributed by atoms with van der Waals surface area (Å²) in [4.78, 5) is 18.0. The molecule has 1 amide bonds. The molecule has 1 aromatic carbocycles. The lowest BCUT2D eigenvalue weighted by Crippen LogP contribution is -2.42. The quantitative estimate of drug-likeness (QED) is 0.548. The fraction of sp³-hybridized carbons (Fsp3) is 0.381. The molecule has 8 nitrogen and oxygen atoms in total. The number of sulfonamides is 1. The summed E-state index contributed by atoms with van der Waals surface area (Å²) in [6, 6.07) is 9.49. The Morgan fingerprint density at radius 2 is 2.09 bits per heavy atom. The van der Waals surface area contributed by atoms with Gasteiger partial charge in [0, 0.05) is 22.0 Å². The summed E-state index contributed by atoms with van der Waals surface area (Å²) in [6.45, 7) is 5.76. The molecule has 0 spiro atoms. The SMILES string of the molecule is Cc1ccc(S(=O)(=O)N2CCCC2c2nc(C(C)(C)NC(=O)c3cccc(Cl)c3)no2)s1. The Morgan fingerprint density at radius 3 is 2.78 bits per heavy atom. The second-order valence-electron chi connectivity index (χ2n) is 8.18. The fourth-order valence-electron chi connectivity index (χ4n) is 3.61. The van der Waals surface area contributed by atoms with Gasteiger partial charge in [0.25, 0.3) is 15.9 Å². The zero-order valence-corrected chi connectivity index (χ0v) is 20.2. The highest BCUT2D eigenvalue weighted by Crippen LogP contribution is 2.38. The van der Waals surface area contributed by atoms with E-state index in [2.05, 4.69) is 15.5 Å². The van der Waals surface area contributed by atoms with E-state index in [1.54, 1.807) is 50.2 Å². The second kappa shape index (κ2) is 8.58. The van der Waals surface area contributed by atoms with E-state index in [4.69, 9.17) is 16.1 Å². The molecule has 32 heavy (non-hydrogen) atoms. The molecule has 1 aliphatic rings. The zero-order valence-electron chi connectivity index (χ0n) is 17.8. The lowest BCUT2D eigenvalue weighted by molar-refractivity contribution is 0.0907. The summed E-state index contributed by atoms with van der Waals surface area (Å²) in [5, 5.41) is 7.38. The van der Waals surface area contributed by atoms with Gasteiger partial charge in [-0.15, -0.1) is 11.3 Å². The van der Waals surface area contributed by atoms with E-state index in [-0.39, 0.29) is 17.6 Å². The number of rotatable bonds is 6. The number of nitrogens with one attached hydrogen (secondary N) is 1. The van der Waals surface area contributed by atoms with Crippen LogP contribution in [0.25, 0.3) is 0 Å². The molecule has 0 saturated carbocycles. The van der Waals surface area contributed by atoms with Crippen molar-refractivity contribution in [2.24, 2.45) is 0 Å². The Labute approximate surface area is 195 Å². The maximum atomic E-state index is 13.1. The summed E-state index contributed by atoms with van der Waals surface area (Å²) >= 11 is 7.22. The van der Waals surface area contributed by atoms with Crippen LogP contribution >= 0.6 is 22.9 Å². The molecule has 11 heteroatoms. The van der Waals surface area contributed by atoms with Gasteiger partial charge in [-0.1, -0.05) is 22.8 Å². The van der Waals surface area contributed by atoms with Gasteiger partial charge >= 0.3 is 0 Å². The third kappa shape index (κ3) is 4.45. The first-order valence-electron chi connectivity index (χ1n) is 10.1. The zero-order chi connectivity index (χ0) is 23.1. The van der Waals surface area contributed by atoms with Gasteiger partial charge in [0.1, 0.15) is 10.3 Å². The number of aromatic nitrogens is 2. The average Bonchev–Trinajstić information content (AvgIpc) is 3.47. The van der Waals surface area contributed by atoms with Crippen LogP contribution in [0, 0.1) is 6.92 Å². The minimum atomic E-state index is -3.66. The van der Waals surface area contributed by atoms with Crippen molar-refractivity contribution in [1.29, 1.82) is 0 Å². The molecule has 0 radical (unpaired) electrons. The highest BCUT2D eigenvalue weighted by Gasteiger charge is 2.41. The van der Waals surface area contributed by atoms with E-state index in [0.29, 0.717) is 34.2 Å². The van der Waals surface area contributed by atoms with Crippen molar-refractivity contribution < 1.29 is 17.7 Å². The van der Waals surface area contributed by atoms with Crippen molar-refractivity contribution in [3.63, 3.8) is 0 Å². The fourth-order valence-corrected chi connectivity index (χ4v) is 6.86. The number of hydrogen-bond acceptors (Lipinski definition) is 7. The molecule has 1 saturated heterocycles. The number of aryl methyl sites for hydroxylation is 1. The summed E-state index contributed by atoms with van der Waals surface area (Å²) < 4.78 is 33.5. The molecule has 3 heterocycles.